The second-order valence-corrected chi connectivity index (χ2v) is 7.09. The summed E-state index contributed by atoms with van der Waals surface area (Å²) in [5.74, 6) is -3.19. The zero-order chi connectivity index (χ0) is 20.5. The molecular formula is C20H35NO6. The number of aliphatic carboxylic acids is 3. The first-order valence-corrected chi connectivity index (χ1v) is 9.98. The van der Waals surface area contributed by atoms with Gasteiger partial charge in [-0.3, -0.25) is 14.1 Å². The lowest BCUT2D eigenvalue weighted by Gasteiger charge is -2.34. The molecule has 0 heterocycles. The highest BCUT2D eigenvalue weighted by molar-refractivity contribution is 5.67. The number of hydrogen-bond acceptors (Lipinski definition) is 4. The number of carboxylic acids is 3. The number of carboxylic acid groups (broad SMARTS) is 3. The van der Waals surface area contributed by atoms with Crippen molar-refractivity contribution in [2.45, 2.75) is 77.6 Å². The summed E-state index contributed by atoms with van der Waals surface area (Å²) < 4.78 is 0.0447. The minimum atomic E-state index is -1.22. The van der Waals surface area contributed by atoms with Crippen LogP contribution in [0.15, 0.2) is 12.3 Å². The number of allylic oxidation sites excluding steroid dienone is 1. The third-order valence-corrected chi connectivity index (χ3v) is 4.70. The molecule has 0 fully saturated rings. The fourth-order valence-electron chi connectivity index (χ4n) is 3.03. The van der Waals surface area contributed by atoms with E-state index in [-0.39, 0.29) is 43.4 Å². The Kier molecular flexibility index (Phi) is 14.1. The smallest absolute Gasteiger partial charge is 0.309 e. The van der Waals surface area contributed by atoms with Crippen LogP contribution >= 0.6 is 0 Å². The van der Waals surface area contributed by atoms with E-state index >= 15 is 0 Å². The summed E-state index contributed by atoms with van der Waals surface area (Å²) >= 11 is 0. The van der Waals surface area contributed by atoms with Gasteiger partial charge in [-0.15, -0.1) is 0 Å². The van der Waals surface area contributed by atoms with Gasteiger partial charge in [0.25, 0.3) is 0 Å². The molecule has 0 aromatic rings. The van der Waals surface area contributed by atoms with E-state index in [4.69, 9.17) is 10.2 Å². The molecule has 0 spiro atoms. The van der Waals surface area contributed by atoms with E-state index in [9.17, 15) is 19.5 Å². The second kappa shape index (κ2) is 15.2. The Morgan fingerprint density at radius 1 is 0.815 bits per heavy atom. The predicted octanol–water partition coefficient (Wildman–Crippen LogP) is 2.55. The molecular weight excluding hydrogens is 350 g/mol. The van der Waals surface area contributed by atoms with Crippen LogP contribution in [0, 0.1) is 0 Å². The van der Waals surface area contributed by atoms with Crippen molar-refractivity contribution < 1.29 is 34.2 Å². The van der Waals surface area contributed by atoms with E-state index < -0.39 is 17.9 Å². The third kappa shape index (κ3) is 14.9. The van der Waals surface area contributed by atoms with Crippen LogP contribution in [0.2, 0.25) is 0 Å². The van der Waals surface area contributed by atoms with Gasteiger partial charge in [-0.05, 0) is 18.9 Å². The van der Waals surface area contributed by atoms with E-state index in [1.807, 2.05) is 6.08 Å². The molecule has 156 valence electrons. The fourth-order valence-corrected chi connectivity index (χ4v) is 3.03. The maximum atomic E-state index is 11.0. The van der Waals surface area contributed by atoms with Crippen LogP contribution in [-0.4, -0.2) is 52.2 Å². The zero-order valence-corrected chi connectivity index (χ0v) is 16.5. The number of carbonyl (C=O) groups excluding carboxylic acids is 1. The van der Waals surface area contributed by atoms with Gasteiger partial charge in [-0.25, -0.2) is 0 Å². The molecule has 0 aliphatic heterocycles. The highest BCUT2D eigenvalue weighted by atomic mass is 16.4. The number of carbonyl (C=O) groups is 3. The van der Waals surface area contributed by atoms with Gasteiger partial charge >= 0.3 is 11.9 Å². The first kappa shape index (κ1) is 25.1. The summed E-state index contributed by atoms with van der Waals surface area (Å²) in [6, 6.07) is 0. The van der Waals surface area contributed by atoms with Gasteiger partial charge in [0.1, 0.15) is 0 Å². The molecule has 0 saturated heterocycles. The maximum absolute atomic E-state index is 11.0. The van der Waals surface area contributed by atoms with Gasteiger partial charge in [0.15, 0.2) is 0 Å². The van der Waals surface area contributed by atoms with E-state index in [1.54, 1.807) is 6.20 Å². The SMILES string of the molecule is CCCCCCCCC/C=C/[N+](CCC(=O)[O-])(CCC(=O)O)CCC(=O)O. The molecule has 0 aromatic heterocycles. The molecule has 0 atom stereocenters. The lowest BCUT2D eigenvalue weighted by atomic mass is 10.1. The first-order chi connectivity index (χ1) is 12.8. The minimum absolute atomic E-state index is 0.0447. The Morgan fingerprint density at radius 3 is 1.78 bits per heavy atom. The van der Waals surface area contributed by atoms with E-state index in [0.29, 0.717) is 0 Å². The summed E-state index contributed by atoms with van der Waals surface area (Å²) in [4.78, 5) is 32.8. The summed E-state index contributed by atoms with van der Waals surface area (Å²) in [7, 11) is 0. The predicted molar refractivity (Wildman–Crippen MR) is 101 cm³/mol. The van der Waals surface area contributed by atoms with Crippen LogP contribution in [-0.2, 0) is 14.4 Å². The number of hydrogen-bond donors (Lipinski definition) is 2. The van der Waals surface area contributed by atoms with Gasteiger partial charge < -0.3 is 20.1 Å². The average Bonchev–Trinajstić information content (AvgIpc) is 2.61. The van der Waals surface area contributed by atoms with Crippen molar-refractivity contribution in [2.75, 3.05) is 19.6 Å². The minimum Gasteiger partial charge on any atom is -0.550 e. The molecule has 0 aliphatic rings. The maximum Gasteiger partial charge on any atom is 0.309 e. The Hall–Kier alpha value is -1.89. The molecule has 27 heavy (non-hydrogen) atoms. The molecule has 2 N–H and O–H groups in total. The fraction of sp³-hybridized carbons (Fsp3) is 0.750. The van der Waals surface area contributed by atoms with Crippen molar-refractivity contribution in [3.8, 4) is 0 Å². The Balaban J connectivity index is 4.72. The highest BCUT2D eigenvalue weighted by Crippen LogP contribution is 2.15. The molecule has 0 radical (unpaired) electrons. The summed E-state index contributed by atoms with van der Waals surface area (Å²) in [5, 5.41) is 28.8. The van der Waals surface area contributed by atoms with Gasteiger partial charge in [0.05, 0.1) is 38.7 Å². The first-order valence-electron chi connectivity index (χ1n) is 9.98. The lowest BCUT2D eigenvalue weighted by Crippen LogP contribution is -2.48. The molecule has 0 saturated carbocycles. The molecule has 0 bridgehead atoms. The number of quaternary nitrogens is 1. The molecule has 0 aromatic carbocycles. The monoisotopic (exact) mass is 385 g/mol. The number of nitrogens with zero attached hydrogens (tertiary/aromatic N) is 1. The number of unbranched alkanes of at least 4 members (excludes halogenated alkanes) is 7. The van der Waals surface area contributed by atoms with Crippen molar-refractivity contribution in [1.29, 1.82) is 0 Å². The van der Waals surface area contributed by atoms with E-state index in [2.05, 4.69) is 6.92 Å². The molecule has 7 heteroatoms. The zero-order valence-electron chi connectivity index (χ0n) is 16.5. The molecule has 7 nitrogen and oxygen atoms in total. The van der Waals surface area contributed by atoms with Gasteiger partial charge in [0.2, 0.25) is 0 Å². The third-order valence-electron chi connectivity index (χ3n) is 4.70. The normalized spacial score (nSPS) is 11.7. The molecule has 0 rings (SSSR count). The highest BCUT2D eigenvalue weighted by Gasteiger charge is 2.26. The van der Waals surface area contributed by atoms with Crippen molar-refractivity contribution in [3.63, 3.8) is 0 Å². The van der Waals surface area contributed by atoms with Crippen LogP contribution in [0.4, 0.5) is 0 Å². The van der Waals surface area contributed by atoms with Crippen LogP contribution in [0.25, 0.3) is 0 Å². The summed E-state index contributed by atoms with van der Waals surface area (Å²) in [5.41, 5.74) is 0. The Labute approximate surface area is 162 Å². The van der Waals surface area contributed by atoms with Crippen LogP contribution in [0.3, 0.4) is 0 Å². The molecule has 0 amide bonds. The van der Waals surface area contributed by atoms with Crippen molar-refractivity contribution >= 4 is 17.9 Å². The van der Waals surface area contributed by atoms with Crippen molar-refractivity contribution in [3.05, 3.63) is 12.3 Å². The number of rotatable bonds is 18. The average molecular weight is 386 g/mol. The Bertz CT molecular complexity index is 430. The second-order valence-electron chi connectivity index (χ2n) is 7.09. The lowest BCUT2D eigenvalue weighted by molar-refractivity contribution is -0.878. The summed E-state index contributed by atoms with van der Waals surface area (Å²) in [6.07, 6.45) is 12.3. The van der Waals surface area contributed by atoms with Gasteiger partial charge in [-0.2, -0.15) is 0 Å². The van der Waals surface area contributed by atoms with Crippen LogP contribution in [0.5, 0.6) is 0 Å². The van der Waals surface area contributed by atoms with Crippen LogP contribution < -0.4 is 5.11 Å². The largest absolute Gasteiger partial charge is 0.550 e. The van der Waals surface area contributed by atoms with Crippen molar-refractivity contribution in [2.24, 2.45) is 0 Å². The molecule has 0 unspecified atom stereocenters. The topological polar surface area (TPSA) is 115 Å². The van der Waals surface area contributed by atoms with Crippen LogP contribution in [0.1, 0.15) is 77.6 Å². The van der Waals surface area contributed by atoms with Crippen molar-refractivity contribution in [1.82, 2.24) is 0 Å². The Morgan fingerprint density at radius 2 is 1.30 bits per heavy atom. The van der Waals surface area contributed by atoms with Gasteiger partial charge in [-0.1, -0.05) is 45.4 Å². The van der Waals surface area contributed by atoms with E-state index in [0.717, 1.165) is 19.3 Å². The molecule has 0 aliphatic carbocycles. The summed E-state index contributed by atoms with van der Waals surface area (Å²) in [6.45, 7) is 2.66. The van der Waals surface area contributed by atoms with Gasteiger partial charge in [0, 0.05) is 12.4 Å². The van der Waals surface area contributed by atoms with E-state index in [1.165, 1.54) is 32.1 Å². The quantitative estimate of drug-likeness (QED) is 0.277. The standard InChI is InChI=1S/C20H35NO6/c1-2-3-4-5-6-7-8-9-10-14-21(15-11-18(22)23,16-12-19(24)25)17-13-20(26)27/h10,14H,2-9,11-13,15-17H2,1H3,(H2-,22,23,24,25,26,27)/b14-10+.